The topological polar surface area (TPSA) is 45.1 Å². The molecular formula is C16H19F3N2O. The molecule has 6 heteroatoms. The normalized spacial score (nSPS) is 15.0. The third kappa shape index (κ3) is 3.50. The van der Waals surface area contributed by atoms with Crippen molar-refractivity contribution in [1.82, 2.24) is 4.98 Å². The van der Waals surface area contributed by atoms with Gasteiger partial charge in [-0.25, -0.2) is 0 Å². The zero-order valence-electron chi connectivity index (χ0n) is 12.5. The summed E-state index contributed by atoms with van der Waals surface area (Å²) < 4.78 is 39.5. The van der Waals surface area contributed by atoms with Gasteiger partial charge in [0, 0.05) is 28.9 Å². The molecule has 3 nitrogen and oxygen atoms in total. The summed E-state index contributed by atoms with van der Waals surface area (Å²) in [5.74, 6) is -0.273. The molecule has 0 bridgehead atoms. The van der Waals surface area contributed by atoms with E-state index >= 15 is 0 Å². The van der Waals surface area contributed by atoms with Crippen molar-refractivity contribution in [2.75, 3.05) is 11.9 Å². The van der Waals surface area contributed by atoms with Gasteiger partial charge in [0.2, 0.25) is 0 Å². The van der Waals surface area contributed by atoms with Gasteiger partial charge in [0.25, 0.3) is 0 Å². The summed E-state index contributed by atoms with van der Waals surface area (Å²) in [6.45, 7) is 2.72. The largest absolute Gasteiger partial charge is 0.418 e. The fourth-order valence-electron chi connectivity index (χ4n) is 2.48. The average Bonchev–Trinajstić information content (AvgIpc) is 2.43. The van der Waals surface area contributed by atoms with Crippen LogP contribution in [0.5, 0.6) is 0 Å². The Kier molecular flexibility index (Phi) is 4.60. The first-order valence-electron chi connectivity index (χ1n) is 7.09. The smallest absolute Gasteiger partial charge is 0.381 e. The molecule has 2 aromatic rings. The predicted octanol–water partition coefficient (Wildman–Crippen LogP) is 3.99. The summed E-state index contributed by atoms with van der Waals surface area (Å²) in [6, 6.07) is 6.99. The van der Waals surface area contributed by atoms with Crippen molar-refractivity contribution in [3.63, 3.8) is 0 Å². The minimum absolute atomic E-state index is 0.273. The molecule has 2 rings (SSSR count). The zero-order valence-corrected chi connectivity index (χ0v) is 12.5. The van der Waals surface area contributed by atoms with Gasteiger partial charge in [-0.1, -0.05) is 26.0 Å². The number of rotatable bonds is 5. The number of hydrogen-bond donors (Lipinski definition) is 2. The van der Waals surface area contributed by atoms with Gasteiger partial charge < -0.3 is 10.4 Å². The van der Waals surface area contributed by atoms with Gasteiger partial charge in [0.1, 0.15) is 0 Å². The second-order valence-corrected chi connectivity index (χ2v) is 5.88. The molecule has 0 fully saturated rings. The molecule has 0 saturated heterocycles. The number of pyridine rings is 1. The van der Waals surface area contributed by atoms with Gasteiger partial charge in [-0.3, -0.25) is 4.98 Å². The summed E-state index contributed by atoms with van der Waals surface area (Å²) in [7, 11) is 0. The van der Waals surface area contributed by atoms with Crippen LogP contribution in [0.1, 0.15) is 20.3 Å². The van der Waals surface area contributed by atoms with Crippen molar-refractivity contribution in [2.45, 2.75) is 32.0 Å². The Hall–Kier alpha value is -1.82. The van der Waals surface area contributed by atoms with Crippen LogP contribution in [0.3, 0.4) is 0 Å². The van der Waals surface area contributed by atoms with Crippen LogP contribution in [-0.2, 0) is 0 Å². The molecule has 2 N–H and O–H groups in total. The molecule has 0 radical (unpaired) electrons. The number of alkyl halides is 3. The fourth-order valence-corrected chi connectivity index (χ4v) is 2.48. The lowest BCUT2D eigenvalue weighted by atomic mass is 9.91. The highest BCUT2D eigenvalue weighted by Crippen LogP contribution is 2.36. The number of anilines is 1. The molecule has 0 amide bonds. The second-order valence-electron chi connectivity index (χ2n) is 5.88. The molecule has 22 heavy (non-hydrogen) atoms. The standard InChI is InChI=1S/C16H19F3N2O/c1-11(2)8-15(22,16(17,18)19)10-21-14-5-3-4-12-9-20-7-6-13(12)14/h3-7,9,11,21-22H,8,10H2,1-2H3. The Bertz CT molecular complexity index is 637. The van der Waals surface area contributed by atoms with Crippen LogP contribution in [0.25, 0.3) is 10.8 Å². The number of fused-ring (bicyclic) bond motifs is 1. The quantitative estimate of drug-likeness (QED) is 0.877. The van der Waals surface area contributed by atoms with Gasteiger partial charge in [-0.15, -0.1) is 0 Å². The summed E-state index contributed by atoms with van der Waals surface area (Å²) in [5.41, 5.74) is -2.21. The number of benzene rings is 1. The second kappa shape index (κ2) is 6.12. The third-order valence-corrected chi connectivity index (χ3v) is 3.53. The monoisotopic (exact) mass is 312 g/mol. The van der Waals surface area contributed by atoms with Crippen LogP contribution in [0.15, 0.2) is 36.7 Å². The van der Waals surface area contributed by atoms with E-state index in [1.54, 1.807) is 44.4 Å². The van der Waals surface area contributed by atoms with Gasteiger partial charge in [-0.05, 0) is 24.5 Å². The van der Waals surface area contributed by atoms with Gasteiger partial charge in [-0.2, -0.15) is 13.2 Å². The summed E-state index contributed by atoms with van der Waals surface area (Å²) >= 11 is 0. The summed E-state index contributed by atoms with van der Waals surface area (Å²) in [4.78, 5) is 3.98. The Balaban J connectivity index is 2.25. The van der Waals surface area contributed by atoms with E-state index in [1.165, 1.54) is 0 Å². The van der Waals surface area contributed by atoms with E-state index in [9.17, 15) is 18.3 Å². The molecule has 1 atom stereocenters. The van der Waals surface area contributed by atoms with E-state index < -0.39 is 18.3 Å². The molecule has 1 unspecified atom stereocenters. The van der Waals surface area contributed by atoms with Crippen LogP contribution in [0.4, 0.5) is 18.9 Å². The van der Waals surface area contributed by atoms with E-state index in [0.717, 1.165) is 10.8 Å². The molecule has 120 valence electrons. The predicted molar refractivity (Wildman–Crippen MR) is 80.7 cm³/mol. The van der Waals surface area contributed by atoms with Gasteiger partial charge in [0.05, 0.1) is 6.54 Å². The first kappa shape index (κ1) is 16.5. The van der Waals surface area contributed by atoms with Crippen molar-refractivity contribution in [1.29, 1.82) is 0 Å². The van der Waals surface area contributed by atoms with Crippen LogP contribution in [-0.4, -0.2) is 28.4 Å². The minimum Gasteiger partial charge on any atom is -0.381 e. The molecule has 0 aliphatic heterocycles. The first-order chi connectivity index (χ1) is 10.2. The van der Waals surface area contributed by atoms with Crippen molar-refractivity contribution in [2.24, 2.45) is 5.92 Å². The zero-order chi connectivity index (χ0) is 16.4. The molecule has 0 spiro atoms. The van der Waals surface area contributed by atoms with Crippen LogP contribution < -0.4 is 5.32 Å². The number of halogens is 3. The van der Waals surface area contributed by atoms with E-state index in [4.69, 9.17) is 0 Å². The Labute approximate surface area is 127 Å². The molecule has 0 aliphatic rings. The van der Waals surface area contributed by atoms with E-state index in [1.807, 2.05) is 6.07 Å². The van der Waals surface area contributed by atoms with Crippen molar-refractivity contribution < 1.29 is 18.3 Å². The highest BCUT2D eigenvalue weighted by molar-refractivity contribution is 5.93. The maximum absolute atomic E-state index is 13.2. The van der Waals surface area contributed by atoms with Crippen molar-refractivity contribution in [3.8, 4) is 0 Å². The van der Waals surface area contributed by atoms with Gasteiger partial charge in [0.15, 0.2) is 5.60 Å². The molecule has 0 aliphatic carbocycles. The molecule has 1 aromatic carbocycles. The number of hydrogen-bond acceptors (Lipinski definition) is 3. The van der Waals surface area contributed by atoms with Crippen LogP contribution >= 0.6 is 0 Å². The fraction of sp³-hybridized carbons (Fsp3) is 0.438. The highest BCUT2D eigenvalue weighted by Gasteiger charge is 2.53. The van der Waals surface area contributed by atoms with E-state index in [-0.39, 0.29) is 12.3 Å². The number of nitrogens with zero attached hydrogens (tertiary/aromatic N) is 1. The summed E-state index contributed by atoms with van der Waals surface area (Å²) in [5, 5.41) is 14.4. The molecule has 1 aromatic heterocycles. The Morgan fingerprint density at radius 2 is 1.95 bits per heavy atom. The molecular weight excluding hydrogens is 293 g/mol. The van der Waals surface area contributed by atoms with Gasteiger partial charge >= 0.3 is 6.18 Å². The lowest BCUT2D eigenvalue weighted by Crippen LogP contribution is -2.51. The number of aliphatic hydroxyl groups is 1. The Morgan fingerprint density at radius 3 is 2.59 bits per heavy atom. The highest BCUT2D eigenvalue weighted by atomic mass is 19.4. The molecule has 1 heterocycles. The van der Waals surface area contributed by atoms with E-state index in [0.29, 0.717) is 5.69 Å². The average molecular weight is 312 g/mol. The maximum atomic E-state index is 13.2. The lowest BCUT2D eigenvalue weighted by Gasteiger charge is -2.32. The van der Waals surface area contributed by atoms with Crippen LogP contribution in [0.2, 0.25) is 0 Å². The third-order valence-electron chi connectivity index (χ3n) is 3.53. The van der Waals surface area contributed by atoms with Crippen molar-refractivity contribution >= 4 is 16.5 Å². The number of aromatic nitrogens is 1. The first-order valence-corrected chi connectivity index (χ1v) is 7.09. The SMILES string of the molecule is CC(C)CC(O)(CNc1cccc2cnccc12)C(F)(F)F. The lowest BCUT2D eigenvalue weighted by molar-refractivity contribution is -0.259. The molecule has 0 saturated carbocycles. The maximum Gasteiger partial charge on any atom is 0.418 e. The van der Waals surface area contributed by atoms with E-state index in [2.05, 4.69) is 10.3 Å². The van der Waals surface area contributed by atoms with Crippen molar-refractivity contribution in [3.05, 3.63) is 36.7 Å². The Morgan fingerprint density at radius 1 is 1.23 bits per heavy atom. The minimum atomic E-state index is -4.68. The van der Waals surface area contributed by atoms with Crippen LogP contribution in [0, 0.1) is 5.92 Å². The summed E-state index contributed by atoms with van der Waals surface area (Å²) in [6.07, 6.45) is -1.81. The number of nitrogens with one attached hydrogen (secondary N) is 1.